The quantitative estimate of drug-likeness (QED) is 0.325. The molecule has 1 amide bonds. The van der Waals surface area contributed by atoms with Crippen LogP contribution in [0.15, 0.2) is 29.4 Å². The molecule has 0 bridgehead atoms. The number of hydrogen-bond acceptors (Lipinski definition) is 3. The van der Waals surface area contributed by atoms with Crippen LogP contribution in [0.4, 0.5) is 4.39 Å². The molecular formula is C13H18FN3O2. The lowest BCUT2D eigenvalue weighted by atomic mass is 9.91. The molecule has 4 N–H and O–H groups in total. The van der Waals surface area contributed by atoms with E-state index in [9.17, 15) is 9.18 Å². The minimum Gasteiger partial charge on any atom is -0.409 e. The monoisotopic (exact) mass is 267 g/mol. The predicted octanol–water partition coefficient (Wildman–Crippen LogP) is 1.26. The van der Waals surface area contributed by atoms with E-state index >= 15 is 0 Å². The summed E-state index contributed by atoms with van der Waals surface area (Å²) in [6.07, 6.45) is 0.510. The van der Waals surface area contributed by atoms with Crippen LogP contribution in [0.2, 0.25) is 0 Å². The van der Waals surface area contributed by atoms with Crippen LogP contribution in [0.25, 0.3) is 0 Å². The first-order chi connectivity index (χ1) is 8.87. The fourth-order valence-electron chi connectivity index (χ4n) is 1.48. The van der Waals surface area contributed by atoms with Gasteiger partial charge in [0.15, 0.2) is 5.84 Å². The Kier molecular flexibility index (Phi) is 4.86. The van der Waals surface area contributed by atoms with Crippen LogP contribution in [0, 0.1) is 11.2 Å². The molecule has 0 radical (unpaired) electrons. The van der Waals surface area contributed by atoms with Gasteiger partial charge in [-0.05, 0) is 38.0 Å². The van der Waals surface area contributed by atoms with Crippen LogP contribution in [-0.2, 0) is 11.2 Å². The minimum absolute atomic E-state index is 0.157. The molecule has 0 unspecified atom stereocenters. The first-order valence-electron chi connectivity index (χ1n) is 5.88. The van der Waals surface area contributed by atoms with E-state index in [1.54, 1.807) is 26.0 Å². The molecule has 0 atom stereocenters. The van der Waals surface area contributed by atoms with E-state index in [0.29, 0.717) is 13.0 Å². The Morgan fingerprint density at radius 1 is 1.53 bits per heavy atom. The highest BCUT2D eigenvalue weighted by atomic mass is 19.1. The van der Waals surface area contributed by atoms with E-state index in [4.69, 9.17) is 10.9 Å². The SMILES string of the molecule is CC(C)(C(=O)NCCc1cccc(F)c1)C(N)=NO. The number of nitrogens with one attached hydrogen (secondary N) is 1. The predicted molar refractivity (Wildman–Crippen MR) is 70.3 cm³/mol. The highest BCUT2D eigenvalue weighted by Crippen LogP contribution is 2.15. The van der Waals surface area contributed by atoms with Crippen molar-refractivity contribution in [3.8, 4) is 0 Å². The molecule has 1 aromatic rings. The fourth-order valence-corrected chi connectivity index (χ4v) is 1.48. The second-order valence-corrected chi connectivity index (χ2v) is 4.75. The molecule has 19 heavy (non-hydrogen) atoms. The number of benzene rings is 1. The van der Waals surface area contributed by atoms with Crippen molar-refractivity contribution in [2.45, 2.75) is 20.3 Å². The van der Waals surface area contributed by atoms with Gasteiger partial charge in [-0.15, -0.1) is 0 Å². The number of carbonyl (C=O) groups excluding carboxylic acids is 1. The number of halogens is 1. The van der Waals surface area contributed by atoms with E-state index in [-0.39, 0.29) is 17.6 Å². The summed E-state index contributed by atoms with van der Waals surface area (Å²) in [5.74, 6) is -0.809. The normalized spacial score (nSPS) is 12.3. The van der Waals surface area contributed by atoms with Gasteiger partial charge in [0.25, 0.3) is 0 Å². The summed E-state index contributed by atoms with van der Waals surface area (Å²) >= 11 is 0. The first-order valence-corrected chi connectivity index (χ1v) is 5.88. The summed E-state index contributed by atoms with van der Waals surface area (Å²) in [7, 11) is 0. The van der Waals surface area contributed by atoms with E-state index in [0.717, 1.165) is 5.56 Å². The van der Waals surface area contributed by atoms with Crippen molar-refractivity contribution < 1.29 is 14.4 Å². The largest absolute Gasteiger partial charge is 0.409 e. The summed E-state index contributed by atoms with van der Waals surface area (Å²) in [6.45, 7) is 3.46. The lowest BCUT2D eigenvalue weighted by Gasteiger charge is -2.21. The molecule has 0 saturated heterocycles. The van der Waals surface area contributed by atoms with Crippen LogP contribution in [0.5, 0.6) is 0 Å². The number of carbonyl (C=O) groups is 1. The van der Waals surface area contributed by atoms with E-state index in [2.05, 4.69) is 10.5 Å². The molecule has 0 saturated carbocycles. The molecule has 1 rings (SSSR count). The maximum Gasteiger partial charge on any atom is 0.233 e. The molecule has 0 aromatic heterocycles. The first kappa shape index (κ1) is 14.9. The summed E-state index contributed by atoms with van der Waals surface area (Å²) in [5.41, 5.74) is 5.15. The van der Waals surface area contributed by atoms with Crippen LogP contribution < -0.4 is 11.1 Å². The number of nitrogens with zero attached hydrogens (tertiary/aromatic N) is 1. The Hall–Kier alpha value is -2.11. The number of amides is 1. The zero-order chi connectivity index (χ0) is 14.5. The minimum atomic E-state index is -1.09. The second kappa shape index (κ2) is 6.17. The maximum absolute atomic E-state index is 12.9. The Labute approximate surface area is 111 Å². The zero-order valence-electron chi connectivity index (χ0n) is 11.0. The molecule has 0 aliphatic heterocycles. The van der Waals surface area contributed by atoms with Gasteiger partial charge in [-0.1, -0.05) is 17.3 Å². The lowest BCUT2D eigenvalue weighted by Crippen LogP contribution is -2.46. The van der Waals surface area contributed by atoms with Gasteiger partial charge in [-0.25, -0.2) is 4.39 Å². The third-order valence-electron chi connectivity index (χ3n) is 2.90. The molecule has 0 aliphatic carbocycles. The topological polar surface area (TPSA) is 87.7 Å². The van der Waals surface area contributed by atoms with Gasteiger partial charge in [-0.2, -0.15) is 0 Å². The van der Waals surface area contributed by atoms with Crippen LogP contribution in [-0.4, -0.2) is 23.5 Å². The average Bonchev–Trinajstić information content (AvgIpc) is 2.37. The Balaban J connectivity index is 2.52. The Bertz CT molecular complexity index is 487. The van der Waals surface area contributed by atoms with Crippen LogP contribution >= 0.6 is 0 Å². The van der Waals surface area contributed by atoms with Gasteiger partial charge in [-0.3, -0.25) is 4.79 Å². The third-order valence-corrected chi connectivity index (χ3v) is 2.90. The number of hydrogen-bond donors (Lipinski definition) is 3. The highest BCUT2D eigenvalue weighted by molar-refractivity contribution is 6.05. The summed E-state index contributed by atoms with van der Waals surface area (Å²) in [5, 5.41) is 14.1. The molecule has 5 nitrogen and oxygen atoms in total. The van der Waals surface area contributed by atoms with Crippen LogP contribution in [0.1, 0.15) is 19.4 Å². The van der Waals surface area contributed by atoms with Crippen molar-refractivity contribution in [3.63, 3.8) is 0 Å². The van der Waals surface area contributed by atoms with Crippen molar-refractivity contribution in [1.82, 2.24) is 5.32 Å². The Morgan fingerprint density at radius 3 is 2.79 bits per heavy atom. The fraction of sp³-hybridized carbons (Fsp3) is 0.385. The maximum atomic E-state index is 12.9. The molecule has 6 heteroatoms. The van der Waals surface area contributed by atoms with Gasteiger partial charge < -0.3 is 16.3 Å². The van der Waals surface area contributed by atoms with Crippen molar-refractivity contribution in [3.05, 3.63) is 35.6 Å². The number of nitrogens with two attached hydrogens (primary N) is 1. The summed E-state index contributed by atoms with van der Waals surface area (Å²) in [6, 6.07) is 6.18. The molecule has 104 valence electrons. The average molecular weight is 267 g/mol. The van der Waals surface area contributed by atoms with Crippen molar-refractivity contribution >= 4 is 11.7 Å². The second-order valence-electron chi connectivity index (χ2n) is 4.75. The van der Waals surface area contributed by atoms with E-state index < -0.39 is 5.41 Å². The summed E-state index contributed by atoms with van der Waals surface area (Å²) in [4.78, 5) is 11.9. The number of rotatable bonds is 5. The van der Waals surface area contributed by atoms with Crippen LogP contribution in [0.3, 0.4) is 0 Å². The molecular weight excluding hydrogens is 249 g/mol. The highest BCUT2D eigenvalue weighted by Gasteiger charge is 2.32. The number of amidine groups is 1. The van der Waals surface area contributed by atoms with Gasteiger partial charge in [0.05, 0.1) is 0 Å². The van der Waals surface area contributed by atoms with Crippen molar-refractivity contribution in [1.29, 1.82) is 0 Å². The molecule has 0 heterocycles. The van der Waals surface area contributed by atoms with Gasteiger partial charge in [0.2, 0.25) is 5.91 Å². The third kappa shape index (κ3) is 3.94. The van der Waals surface area contributed by atoms with Gasteiger partial charge >= 0.3 is 0 Å². The Morgan fingerprint density at radius 2 is 2.21 bits per heavy atom. The standard InChI is InChI=1S/C13H18FN3O2/c1-13(2,11(15)17-19)12(18)16-7-6-9-4-3-5-10(14)8-9/h3-5,8,19H,6-7H2,1-2H3,(H2,15,17)(H,16,18). The molecule has 0 aliphatic rings. The number of oxime groups is 1. The van der Waals surface area contributed by atoms with Crippen molar-refractivity contribution in [2.24, 2.45) is 16.3 Å². The van der Waals surface area contributed by atoms with E-state index in [1.165, 1.54) is 12.1 Å². The molecule has 0 spiro atoms. The van der Waals surface area contributed by atoms with Gasteiger partial charge in [0, 0.05) is 6.54 Å². The smallest absolute Gasteiger partial charge is 0.233 e. The lowest BCUT2D eigenvalue weighted by molar-refractivity contribution is -0.126. The molecule has 0 fully saturated rings. The zero-order valence-corrected chi connectivity index (χ0v) is 11.0. The van der Waals surface area contributed by atoms with Crippen molar-refractivity contribution in [2.75, 3.05) is 6.54 Å². The van der Waals surface area contributed by atoms with Gasteiger partial charge in [0.1, 0.15) is 11.2 Å². The molecule has 1 aromatic carbocycles. The van der Waals surface area contributed by atoms with E-state index in [1.807, 2.05) is 0 Å². The summed E-state index contributed by atoms with van der Waals surface area (Å²) < 4.78 is 12.9.